The lowest BCUT2D eigenvalue weighted by molar-refractivity contribution is 0.0917. The maximum absolute atomic E-state index is 12.4. The molecule has 1 aromatic carbocycles. The number of amides is 1. The number of carbonyl (C=O) groups excluding carboxylic acids is 1. The molecule has 132 valence electrons. The summed E-state index contributed by atoms with van der Waals surface area (Å²) in [4.78, 5) is 22.8. The molecule has 25 heavy (non-hydrogen) atoms. The van der Waals surface area contributed by atoms with Gasteiger partial charge in [-0.15, -0.1) is 0 Å². The first-order valence-electron chi connectivity index (χ1n) is 8.23. The van der Waals surface area contributed by atoms with Gasteiger partial charge in [-0.1, -0.05) is 30.3 Å². The van der Waals surface area contributed by atoms with Crippen LogP contribution in [0, 0.1) is 6.92 Å². The van der Waals surface area contributed by atoms with Gasteiger partial charge in [-0.3, -0.25) is 9.69 Å². The number of nitrogens with one attached hydrogen (secondary N) is 1. The molecule has 1 aromatic heterocycles. The number of carbonyl (C=O) groups is 1. The molecule has 1 fully saturated rings. The molecule has 2 heterocycles. The van der Waals surface area contributed by atoms with Crippen molar-refractivity contribution in [2.45, 2.75) is 25.8 Å². The van der Waals surface area contributed by atoms with Crippen LogP contribution in [0.5, 0.6) is 0 Å². The number of alkyl halides is 2. The summed E-state index contributed by atoms with van der Waals surface area (Å²) >= 11 is 0. The lowest BCUT2D eigenvalue weighted by Crippen LogP contribution is -2.38. The van der Waals surface area contributed by atoms with Crippen LogP contribution in [0.1, 0.15) is 22.5 Å². The van der Waals surface area contributed by atoms with Crippen LogP contribution in [0.2, 0.25) is 0 Å². The highest BCUT2D eigenvalue weighted by Crippen LogP contribution is 2.16. The van der Waals surface area contributed by atoms with E-state index in [4.69, 9.17) is 0 Å². The summed E-state index contributed by atoms with van der Waals surface area (Å²) in [6.07, 6.45) is -0.164. The number of nitrogens with zero attached hydrogens (tertiary/aromatic N) is 3. The van der Waals surface area contributed by atoms with E-state index in [1.54, 1.807) is 11.8 Å². The van der Waals surface area contributed by atoms with Crippen LogP contribution in [0.25, 0.3) is 11.4 Å². The Morgan fingerprint density at radius 3 is 2.80 bits per heavy atom. The van der Waals surface area contributed by atoms with Gasteiger partial charge in [0.15, 0.2) is 5.82 Å². The first-order valence-corrected chi connectivity index (χ1v) is 8.23. The smallest absolute Gasteiger partial charge is 0.254 e. The molecule has 1 aliphatic heterocycles. The fraction of sp³-hybridized carbons (Fsp3) is 0.389. The maximum atomic E-state index is 12.4. The van der Waals surface area contributed by atoms with Crippen molar-refractivity contribution in [3.63, 3.8) is 0 Å². The van der Waals surface area contributed by atoms with E-state index in [1.807, 2.05) is 30.3 Å². The van der Waals surface area contributed by atoms with Gasteiger partial charge in [0.25, 0.3) is 12.3 Å². The Balaban J connectivity index is 1.65. The molecular weight excluding hydrogens is 326 g/mol. The molecule has 1 unspecified atom stereocenters. The number of hydrogen-bond acceptors (Lipinski definition) is 4. The van der Waals surface area contributed by atoms with Crippen LogP contribution in [-0.2, 0) is 0 Å². The van der Waals surface area contributed by atoms with Gasteiger partial charge in [-0.05, 0) is 13.3 Å². The number of rotatable bonds is 5. The minimum Gasteiger partial charge on any atom is -0.348 e. The first kappa shape index (κ1) is 17.4. The van der Waals surface area contributed by atoms with Gasteiger partial charge in [0.05, 0.1) is 17.8 Å². The second-order valence-corrected chi connectivity index (χ2v) is 6.17. The predicted octanol–water partition coefficient (Wildman–Crippen LogP) is 2.52. The second kappa shape index (κ2) is 7.65. The van der Waals surface area contributed by atoms with E-state index < -0.39 is 6.43 Å². The molecule has 7 heteroatoms. The lowest BCUT2D eigenvalue weighted by atomic mass is 10.1. The average molecular weight is 346 g/mol. The van der Waals surface area contributed by atoms with Crippen LogP contribution in [-0.4, -0.2) is 52.9 Å². The van der Waals surface area contributed by atoms with Crippen molar-refractivity contribution in [3.8, 4) is 11.4 Å². The normalized spacial score (nSPS) is 17.8. The van der Waals surface area contributed by atoms with Crippen molar-refractivity contribution in [2.24, 2.45) is 0 Å². The molecule has 0 bridgehead atoms. The van der Waals surface area contributed by atoms with Crippen molar-refractivity contribution in [2.75, 3.05) is 19.6 Å². The highest BCUT2D eigenvalue weighted by atomic mass is 19.3. The fourth-order valence-electron chi connectivity index (χ4n) is 2.99. The molecule has 0 spiro atoms. The van der Waals surface area contributed by atoms with Crippen molar-refractivity contribution in [1.29, 1.82) is 0 Å². The number of hydrogen-bond donors (Lipinski definition) is 1. The Bertz CT molecular complexity index is 739. The molecule has 0 radical (unpaired) electrons. The Kier molecular flexibility index (Phi) is 5.33. The molecule has 1 N–H and O–H groups in total. The summed E-state index contributed by atoms with van der Waals surface area (Å²) in [5, 5.41) is 2.89. The number of aryl methyl sites for hydroxylation is 1. The van der Waals surface area contributed by atoms with Gasteiger partial charge in [0.2, 0.25) is 0 Å². The largest absolute Gasteiger partial charge is 0.348 e. The van der Waals surface area contributed by atoms with E-state index in [0.29, 0.717) is 36.6 Å². The Labute approximate surface area is 145 Å². The van der Waals surface area contributed by atoms with Crippen molar-refractivity contribution >= 4 is 5.91 Å². The van der Waals surface area contributed by atoms with E-state index in [2.05, 4.69) is 15.3 Å². The minimum absolute atomic E-state index is 0.126. The Morgan fingerprint density at radius 2 is 2.12 bits per heavy atom. The Hall–Kier alpha value is -2.41. The molecule has 0 saturated carbocycles. The van der Waals surface area contributed by atoms with E-state index in [1.165, 1.54) is 6.20 Å². The average Bonchev–Trinajstić information content (AvgIpc) is 3.01. The van der Waals surface area contributed by atoms with Crippen LogP contribution in [0.3, 0.4) is 0 Å². The van der Waals surface area contributed by atoms with E-state index in [0.717, 1.165) is 5.56 Å². The number of benzene rings is 1. The molecule has 3 rings (SSSR count). The summed E-state index contributed by atoms with van der Waals surface area (Å²) in [6, 6.07) is 9.41. The van der Waals surface area contributed by atoms with Crippen molar-refractivity contribution < 1.29 is 13.6 Å². The van der Waals surface area contributed by atoms with Crippen LogP contribution in [0.4, 0.5) is 8.78 Å². The molecular formula is C18H20F2N4O. The van der Waals surface area contributed by atoms with E-state index >= 15 is 0 Å². The lowest BCUT2D eigenvalue weighted by Gasteiger charge is -2.16. The van der Waals surface area contributed by atoms with Crippen LogP contribution >= 0.6 is 0 Å². The molecule has 1 aliphatic rings. The quantitative estimate of drug-likeness (QED) is 0.904. The third-order valence-electron chi connectivity index (χ3n) is 4.26. The zero-order valence-electron chi connectivity index (χ0n) is 14.0. The number of aromatic nitrogens is 2. The summed E-state index contributed by atoms with van der Waals surface area (Å²) in [7, 11) is 0. The third kappa shape index (κ3) is 4.36. The van der Waals surface area contributed by atoms with Gasteiger partial charge in [-0.25, -0.2) is 18.7 Å². The molecule has 0 aliphatic carbocycles. The van der Waals surface area contributed by atoms with E-state index in [9.17, 15) is 13.6 Å². The van der Waals surface area contributed by atoms with Crippen molar-refractivity contribution in [3.05, 3.63) is 47.8 Å². The highest BCUT2D eigenvalue weighted by molar-refractivity contribution is 5.95. The first-order chi connectivity index (χ1) is 12.0. The van der Waals surface area contributed by atoms with E-state index in [-0.39, 0.29) is 18.5 Å². The van der Waals surface area contributed by atoms with Gasteiger partial charge < -0.3 is 5.32 Å². The zero-order valence-corrected chi connectivity index (χ0v) is 14.0. The molecule has 1 amide bonds. The molecule has 1 atom stereocenters. The molecule has 1 saturated heterocycles. The molecule has 5 nitrogen and oxygen atoms in total. The number of halogens is 2. The maximum Gasteiger partial charge on any atom is 0.254 e. The third-order valence-corrected chi connectivity index (χ3v) is 4.26. The second-order valence-electron chi connectivity index (χ2n) is 6.17. The Morgan fingerprint density at radius 1 is 1.36 bits per heavy atom. The highest BCUT2D eigenvalue weighted by Gasteiger charge is 2.26. The zero-order chi connectivity index (χ0) is 17.8. The van der Waals surface area contributed by atoms with Crippen LogP contribution in [0.15, 0.2) is 36.5 Å². The monoisotopic (exact) mass is 346 g/mol. The van der Waals surface area contributed by atoms with Gasteiger partial charge in [0, 0.05) is 30.9 Å². The fourth-order valence-corrected chi connectivity index (χ4v) is 2.99. The summed E-state index contributed by atoms with van der Waals surface area (Å²) in [5.74, 6) is 0.305. The molecule has 2 aromatic rings. The minimum atomic E-state index is -2.35. The topological polar surface area (TPSA) is 58.1 Å². The number of likely N-dealkylation sites (tertiary alicyclic amines) is 1. The van der Waals surface area contributed by atoms with Crippen molar-refractivity contribution in [1.82, 2.24) is 20.2 Å². The van der Waals surface area contributed by atoms with Gasteiger partial charge >= 0.3 is 0 Å². The summed E-state index contributed by atoms with van der Waals surface area (Å²) in [6.45, 7) is 2.52. The predicted molar refractivity (Wildman–Crippen MR) is 90.5 cm³/mol. The standard InChI is InChI=1S/C18H20F2N4O/c1-12-15(9-21-17(22-12)13-5-3-2-4-6-13)18(25)23-14-7-8-24(10-14)11-16(19)20/h2-6,9,14,16H,7-8,10-11H2,1H3,(H,23,25). The SMILES string of the molecule is Cc1nc(-c2ccccc2)ncc1C(=O)NC1CCN(CC(F)F)C1. The van der Waals surface area contributed by atoms with Gasteiger partial charge in [-0.2, -0.15) is 0 Å². The summed E-state index contributed by atoms with van der Waals surface area (Å²) < 4.78 is 24.9. The summed E-state index contributed by atoms with van der Waals surface area (Å²) in [5.41, 5.74) is 1.89. The van der Waals surface area contributed by atoms with Crippen LogP contribution < -0.4 is 5.32 Å². The van der Waals surface area contributed by atoms with Gasteiger partial charge in [0.1, 0.15) is 0 Å².